The minimum Gasteiger partial charge on any atom is -0.478 e. The molecule has 1 saturated heterocycles. The third-order valence-corrected chi connectivity index (χ3v) is 3.60. The Morgan fingerprint density at radius 3 is 2.81 bits per heavy atom. The highest BCUT2D eigenvalue weighted by Gasteiger charge is 2.18. The average Bonchev–Trinajstić information content (AvgIpc) is 2.43. The van der Waals surface area contributed by atoms with Crippen LogP contribution in [0.1, 0.15) is 27.9 Å². The van der Waals surface area contributed by atoms with Crippen LogP contribution < -0.4 is 10.6 Å². The smallest absolute Gasteiger partial charge is 0.336 e. The summed E-state index contributed by atoms with van der Waals surface area (Å²) in [5, 5.41) is 15.1. The summed E-state index contributed by atoms with van der Waals surface area (Å²) >= 11 is 0. The topological polar surface area (TPSA) is 87.7 Å². The van der Waals surface area contributed by atoms with E-state index in [9.17, 15) is 9.59 Å². The van der Waals surface area contributed by atoms with Crippen LogP contribution in [0, 0.1) is 13.8 Å². The molecule has 1 heterocycles. The lowest BCUT2D eigenvalue weighted by Gasteiger charge is -2.23. The van der Waals surface area contributed by atoms with E-state index in [-0.39, 0.29) is 24.0 Å². The van der Waals surface area contributed by atoms with Gasteiger partial charge in [0.2, 0.25) is 5.91 Å². The number of benzene rings is 1. The Balaban J connectivity index is 2.05. The van der Waals surface area contributed by atoms with E-state index >= 15 is 0 Å². The van der Waals surface area contributed by atoms with Crippen LogP contribution in [0.15, 0.2) is 12.1 Å². The molecule has 3 N–H and O–H groups in total. The second kappa shape index (κ2) is 6.69. The van der Waals surface area contributed by atoms with E-state index in [1.807, 2.05) is 6.92 Å². The number of anilines is 1. The average molecular weight is 292 g/mol. The van der Waals surface area contributed by atoms with Gasteiger partial charge in [0.05, 0.1) is 24.7 Å². The molecule has 114 valence electrons. The molecule has 1 aromatic carbocycles. The van der Waals surface area contributed by atoms with E-state index in [1.54, 1.807) is 13.0 Å². The van der Waals surface area contributed by atoms with Gasteiger partial charge < -0.3 is 20.5 Å². The molecule has 0 radical (unpaired) electrons. The van der Waals surface area contributed by atoms with Crippen molar-refractivity contribution in [3.63, 3.8) is 0 Å². The molecule has 6 nitrogen and oxygen atoms in total. The van der Waals surface area contributed by atoms with Crippen LogP contribution in [-0.2, 0) is 9.53 Å². The van der Waals surface area contributed by atoms with Crippen molar-refractivity contribution >= 4 is 17.6 Å². The van der Waals surface area contributed by atoms with Gasteiger partial charge in [-0.2, -0.15) is 0 Å². The summed E-state index contributed by atoms with van der Waals surface area (Å²) in [5.74, 6) is -1.17. The number of aryl methyl sites for hydroxylation is 1. The molecule has 1 aliphatic heterocycles. The Hall–Kier alpha value is -1.92. The van der Waals surface area contributed by atoms with Crippen molar-refractivity contribution in [3.8, 4) is 0 Å². The molecule has 0 bridgehead atoms. The Kier molecular flexibility index (Phi) is 4.93. The maximum Gasteiger partial charge on any atom is 0.336 e. The Bertz CT molecular complexity index is 551. The van der Waals surface area contributed by atoms with Gasteiger partial charge in [-0.15, -0.1) is 0 Å². The lowest BCUT2D eigenvalue weighted by Crippen LogP contribution is -2.40. The number of amides is 1. The van der Waals surface area contributed by atoms with Crippen LogP contribution in [0.3, 0.4) is 0 Å². The molecule has 0 saturated carbocycles. The maximum absolute atomic E-state index is 12.0. The fraction of sp³-hybridized carbons (Fsp3) is 0.467. The number of nitrogens with one attached hydrogen (secondary N) is 2. The first-order valence-electron chi connectivity index (χ1n) is 6.94. The number of carboxylic acids is 1. The third-order valence-electron chi connectivity index (χ3n) is 3.60. The molecule has 21 heavy (non-hydrogen) atoms. The number of morpholine rings is 1. The quantitative estimate of drug-likeness (QED) is 0.779. The highest BCUT2D eigenvalue weighted by Crippen LogP contribution is 2.20. The second-order valence-corrected chi connectivity index (χ2v) is 5.22. The maximum atomic E-state index is 12.0. The molecule has 6 heteroatoms. The zero-order valence-electron chi connectivity index (χ0n) is 12.2. The van der Waals surface area contributed by atoms with E-state index in [1.165, 1.54) is 6.07 Å². The normalized spacial score (nSPS) is 18.3. The van der Waals surface area contributed by atoms with Crippen molar-refractivity contribution in [2.24, 2.45) is 0 Å². The molecule has 1 aliphatic rings. The lowest BCUT2D eigenvalue weighted by molar-refractivity contribution is -0.119. The van der Waals surface area contributed by atoms with Crippen LogP contribution in [0.2, 0.25) is 0 Å². The van der Waals surface area contributed by atoms with Gasteiger partial charge in [0.25, 0.3) is 0 Å². The van der Waals surface area contributed by atoms with Gasteiger partial charge in [0.1, 0.15) is 0 Å². The molecule has 0 aromatic heterocycles. The SMILES string of the molecule is Cc1cc(NC(=O)CC2CNCCO2)cc(C(=O)O)c1C. The van der Waals surface area contributed by atoms with E-state index < -0.39 is 5.97 Å². The summed E-state index contributed by atoms with van der Waals surface area (Å²) in [5.41, 5.74) is 2.26. The van der Waals surface area contributed by atoms with Gasteiger partial charge in [0, 0.05) is 18.8 Å². The third kappa shape index (κ3) is 4.03. The second-order valence-electron chi connectivity index (χ2n) is 5.22. The van der Waals surface area contributed by atoms with Crippen molar-refractivity contribution < 1.29 is 19.4 Å². The largest absolute Gasteiger partial charge is 0.478 e. The first-order chi connectivity index (χ1) is 9.97. The van der Waals surface area contributed by atoms with Gasteiger partial charge in [-0.05, 0) is 37.1 Å². The molecule has 1 atom stereocenters. The number of hydrogen-bond donors (Lipinski definition) is 3. The molecule has 1 amide bonds. The molecular weight excluding hydrogens is 272 g/mol. The van der Waals surface area contributed by atoms with Crippen LogP contribution >= 0.6 is 0 Å². The summed E-state index contributed by atoms with van der Waals surface area (Å²) in [6, 6.07) is 3.27. The summed E-state index contributed by atoms with van der Waals surface area (Å²) in [4.78, 5) is 23.2. The van der Waals surface area contributed by atoms with Gasteiger partial charge >= 0.3 is 5.97 Å². The Labute approximate surface area is 123 Å². The molecule has 1 unspecified atom stereocenters. The number of hydrogen-bond acceptors (Lipinski definition) is 4. The van der Waals surface area contributed by atoms with Crippen molar-refractivity contribution in [3.05, 3.63) is 28.8 Å². The highest BCUT2D eigenvalue weighted by molar-refractivity contribution is 5.95. The van der Waals surface area contributed by atoms with Crippen molar-refractivity contribution in [1.29, 1.82) is 0 Å². The number of carboxylic acid groups (broad SMARTS) is 1. The fourth-order valence-electron chi connectivity index (χ4n) is 2.32. The van der Waals surface area contributed by atoms with E-state index in [4.69, 9.17) is 9.84 Å². The number of ether oxygens (including phenoxy) is 1. The van der Waals surface area contributed by atoms with Crippen molar-refractivity contribution in [2.75, 3.05) is 25.0 Å². The minimum absolute atomic E-state index is 0.135. The highest BCUT2D eigenvalue weighted by atomic mass is 16.5. The predicted molar refractivity (Wildman–Crippen MR) is 78.7 cm³/mol. The number of carbonyl (C=O) groups is 2. The summed E-state index contributed by atoms with van der Waals surface area (Å²) < 4.78 is 5.47. The van der Waals surface area contributed by atoms with E-state index in [2.05, 4.69) is 10.6 Å². The predicted octanol–water partition coefficient (Wildman–Crippen LogP) is 1.32. The number of aromatic carboxylic acids is 1. The minimum atomic E-state index is -0.994. The van der Waals surface area contributed by atoms with Crippen LogP contribution in [0.25, 0.3) is 0 Å². The first-order valence-corrected chi connectivity index (χ1v) is 6.94. The summed E-state index contributed by atoms with van der Waals surface area (Å²) in [7, 11) is 0. The lowest BCUT2D eigenvalue weighted by atomic mass is 10.0. The summed E-state index contributed by atoms with van der Waals surface area (Å²) in [6.45, 7) is 5.64. The molecule has 0 aliphatic carbocycles. The zero-order chi connectivity index (χ0) is 15.4. The Morgan fingerprint density at radius 2 is 2.19 bits per heavy atom. The van der Waals surface area contributed by atoms with Gasteiger partial charge in [0.15, 0.2) is 0 Å². The Morgan fingerprint density at radius 1 is 1.43 bits per heavy atom. The zero-order valence-corrected chi connectivity index (χ0v) is 12.2. The van der Waals surface area contributed by atoms with Crippen LogP contribution in [-0.4, -0.2) is 42.8 Å². The van der Waals surface area contributed by atoms with Crippen molar-refractivity contribution in [1.82, 2.24) is 5.32 Å². The monoisotopic (exact) mass is 292 g/mol. The molecule has 0 spiro atoms. The fourth-order valence-corrected chi connectivity index (χ4v) is 2.32. The molecular formula is C15H20N2O4. The van der Waals surface area contributed by atoms with Crippen LogP contribution in [0.5, 0.6) is 0 Å². The van der Waals surface area contributed by atoms with Gasteiger partial charge in [-0.25, -0.2) is 4.79 Å². The number of rotatable bonds is 4. The molecule has 2 rings (SSSR count). The van der Waals surface area contributed by atoms with Crippen molar-refractivity contribution in [2.45, 2.75) is 26.4 Å². The summed E-state index contributed by atoms with van der Waals surface area (Å²) in [6.07, 6.45) is 0.117. The standard InChI is InChI=1S/C15H20N2O4/c1-9-5-11(6-13(10(9)2)15(19)20)17-14(18)7-12-8-16-3-4-21-12/h5-6,12,16H,3-4,7-8H2,1-2H3,(H,17,18)(H,19,20). The van der Waals surface area contributed by atoms with E-state index in [0.717, 1.165) is 12.1 Å². The van der Waals surface area contributed by atoms with E-state index in [0.29, 0.717) is 24.4 Å². The van der Waals surface area contributed by atoms with Gasteiger partial charge in [-0.1, -0.05) is 0 Å². The number of carbonyl (C=O) groups excluding carboxylic acids is 1. The first kappa shape index (κ1) is 15.5. The molecule has 1 aromatic rings. The van der Waals surface area contributed by atoms with Crippen LogP contribution in [0.4, 0.5) is 5.69 Å². The molecule has 1 fully saturated rings. The van der Waals surface area contributed by atoms with Gasteiger partial charge in [-0.3, -0.25) is 4.79 Å².